The Bertz CT molecular complexity index is 311. The van der Waals surface area contributed by atoms with E-state index in [4.69, 9.17) is 0 Å². The van der Waals surface area contributed by atoms with Crippen molar-refractivity contribution >= 4 is 24.2 Å². The topological polar surface area (TPSA) is 61.4 Å². The lowest BCUT2D eigenvalue weighted by Gasteiger charge is -2.16. The summed E-state index contributed by atoms with van der Waals surface area (Å²) in [6.45, 7) is 7.14. The molecule has 2 N–H and O–H groups in total. The van der Waals surface area contributed by atoms with Gasteiger partial charge in [0, 0.05) is 32.5 Å². The molecule has 1 atom stereocenters. The maximum Gasteiger partial charge on any atom is 0.224 e. The molecule has 0 aliphatic carbocycles. The van der Waals surface area contributed by atoms with E-state index in [9.17, 15) is 9.59 Å². The molecule has 0 bridgehead atoms. The number of likely N-dealkylation sites (tertiary alicyclic amines) is 1. The molecule has 5 nitrogen and oxygen atoms in total. The minimum atomic E-state index is 0. The number of carbonyl (C=O) groups excluding carboxylic acids is 2. The van der Waals surface area contributed by atoms with Crippen molar-refractivity contribution in [3.63, 3.8) is 0 Å². The molecule has 1 fully saturated rings. The van der Waals surface area contributed by atoms with Gasteiger partial charge in [0.05, 0.1) is 0 Å². The predicted octanol–water partition coefficient (Wildman–Crippen LogP) is 1.03. The van der Waals surface area contributed by atoms with Crippen LogP contribution in [0.4, 0.5) is 0 Å². The SMILES string of the molecule is CNCC1CCN(C(=O)CCNC(=O)CC(C)C)C1.Cl. The van der Waals surface area contributed by atoms with Crippen LogP contribution in [-0.4, -0.2) is 49.9 Å². The summed E-state index contributed by atoms with van der Waals surface area (Å²) in [6, 6.07) is 0. The Morgan fingerprint density at radius 3 is 2.65 bits per heavy atom. The second kappa shape index (κ2) is 10.00. The summed E-state index contributed by atoms with van der Waals surface area (Å²) in [5.74, 6) is 1.13. The minimum Gasteiger partial charge on any atom is -0.356 e. The average Bonchev–Trinajstić information content (AvgIpc) is 2.77. The van der Waals surface area contributed by atoms with Gasteiger partial charge >= 0.3 is 0 Å². The minimum absolute atomic E-state index is 0. The van der Waals surface area contributed by atoms with Gasteiger partial charge in [-0.1, -0.05) is 13.8 Å². The first-order valence-corrected chi connectivity index (χ1v) is 7.22. The molecule has 1 aliphatic heterocycles. The molecule has 1 heterocycles. The molecule has 20 heavy (non-hydrogen) atoms. The first-order valence-electron chi connectivity index (χ1n) is 7.22. The summed E-state index contributed by atoms with van der Waals surface area (Å²) in [5, 5.41) is 5.96. The smallest absolute Gasteiger partial charge is 0.224 e. The molecule has 6 heteroatoms. The molecule has 1 saturated heterocycles. The molecular formula is C14H28ClN3O2. The summed E-state index contributed by atoms with van der Waals surface area (Å²) in [5.41, 5.74) is 0. The standard InChI is InChI=1S/C14H27N3O2.ClH/c1-11(2)8-13(18)16-6-4-14(19)17-7-5-12(10-17)9-15-3;/h11-12,15H,4-10H2,1-3H3,(H,16,18);1H. The molecule has 0 radical (unpaired) electrons. The van der Waals surface area contributed by atoms with E-state index in [1.54, 1.807) is 0 Å². The van der Waals surface area contributed by atoms with E-state index in [1.165, 1.54) is 0 Å². The van der Waals surface area contributed by atoms with Crippen molar-refractivity contribution < 1.29 is 9.59 Å². The molecule has 1 rings (SSSR count). The quantitative estimate of drug-likeness (QED) is 0.738. The number of amides is 2. The molecule has 0 aromatic carbocycles. The van der Waals surface area contributed by atoms with Gasteiger partial charge in [0.2, 0.25) is 11.8 Å². The zero-order chi connectivity index (χ0) is 14.3. The summed E-state index contributed by atoms with van der Waals surface area (Å²) < 4.78 is 0. The number of nitrogens with zero attached hydrogens (tertiary/aromatic N) is 1. The Hall–Kier alpha value is -0.810. The van der Waals surface area contributed by atoms with E-state index in [0.717, 1.165) is 26.1 Å². The molecular weight excluding hydrogens is 278 g/mol. The van der Waals surface area contributed by atoms with Crippen LogP contribution < -0.4 is 10.6 Å². The Balaban J connectivity index is 0.00000361. The molecule has 118 valence electrons. The Morgan fingerprint density at radius 2 is 2.05 bits per heavy atom. The van der Waals surface area contributed by atoms with Gasteiger partial charge in [0.1, 0.15) is 0 Å². The molecule has 0 spiro atoms. The fourth-order valence-corrected chi connectivity index (χ4v) is 2.42. The monoisotopic (exact) mass is 305 g/mol. The first-order chi connectivity index (χ1) is 9.02. The van der Waals surface area contributed by atoms with E-state index in [2.05, 4.69) is 10.6 Å². The zero-order valence-electron chi connectivity index (χ0n) is 12.8. The van der Waals surface area contributed by atoms with Crippen LogP contribution in [-0.2, 0) is 9.59 Å². The third-order valence-electron chi connectivity index (χ3n) is 3.39. The van der Waals surface area contributed by atoms with Crippen LogP contribution in [0.3, 0.4) is 0 Å². The fraction of sp³-hybridized carbons (Fsp3) is 0.857. The normalized spacial score (nSPS) is 18.0. The second-order valence-electron chi connectivity index (χ2n) is 5.75. The number of hydrogen-bond donors (Lipinski definition) is 2. The van der Waals surface area contributed by atoms with E-state index in [0.29, 0.717) is 31.2 Å². The Morgan fingerprint density at radius 1 is 1.35 bits per heavy atom. The van der Waals surface area contributed by atoms with Gasteiger partial charge in [-0.2, -0.15) is 0 Å². The van der Waals surface area contributed by atoms with Crippen LogP contribution in [0.1, 0.15) is 33.1 Å². The van der Waals surface area contributed by atoms with Gasteiger partial charge in [-0.05, 0) is 31.8 Å². The third kappa shape index (κ3) is 7.10. The first kappa shape index (κ1) is 19.2. The van der Waals surface area contributed by atoms with Crippen LogP contribution in [0.15, 0.2) is 0 Å². The summed E-state index contributed by atoms with van der Waals surface area (Å²) >= 11 is 0. The van der Waals surface area contributed by atoms with Gasteiger partial charge < -0.3 is 15.5 Å². The zero-order valence-corrected chi connectivity index (χ0v) is 13.6. The van der Waals surface area contributed by atoms with Crippen molar-refractivity contribution in [2.24, 2.45) is 11.8 Å². The van der Waals surface area contributed by atoms with Gasteiger partial charge in [-0.25, -0.2) is 0 Å². The van der Waals surface area contributed by atoms with Crippen LogP contribution in [0, 0.1) is 11.8 Å². The number of hydrogen-bond acceptors (Lipinski definition) is 3. The molecule has 0 saturated carbocycles. The fourth-order valence-electron chi connectivity index (χ4n) is 2.42. The Kier molecular flexibility index (Phi) is 9.59. The highest BCUT2D eigenvalue weighted by molar-refractivity contribution is 5.85. The maximum absolute atomic E-state index is 12.0. The lowest BCUT2D eigenvalue weighted by Crippen LogP contribution is -2.34. The predicted molar refractivity (Wildman–Crippen MR) is 82.9 cm³/mol. The highest BCUT2D eigenvalue weighted by Gasteiger charge is 2.25. The molecule has 2 amide bonds. The number of rotatable bonds is 7. The van der Waals surface area contributed by atoms with E-state index < -0.39 is 0 Å². The number of carbonyl (C=O) groups is 2. The van der Waals surface area contributed by atoms with Gasteiger partial charge in [0.25, 0.3) is 0 Å². The number of halogens is 1. The largest absolute Gasteiger partial charge is 0.356 e. The van der Waals surface area contributed by atoms with Crippen molar-refractivity contribution in [2.75, 3.05) is 33.2 Å². The molecule has 1 aliphatic rings. The number of nitrogens with one attached hydrogen (secondary N) is 2. The van der Waals surface area contributed by atoms with Crippen molar-refractivity contribution in [1.29, 1.82) is 0 Å². The van der Waals surface area contributed by atoms with Crippen molar-refractivity contribution in [3.8, 4) is 0 Å². The van der Waals surface area contributed by atoms with Crippen molar-refractivity contribution in [3.05, 3.63) is 0 Å². The molecule has 1 unspecified atom stereocenters. The molecule has 0 aromatic heterocycles. The van der Waals surface area contributed by atoms with Crippen molar-refractivity contribution in [1.82, 2.24) is 15.5 Å². The lowest BCUT2D eigenvalue weighted by atomic mass is 10.1. The summed E-state index contributed by atoms with van der Waals surface area (Å²) in [4.78, 5) is 25.3. The van der Waals surface area contributed by atoms with E-state index >= 15 is 0 Å². The van der Waals surface area contributed by atoms with Gasteiger partial charge in [-0.15, -0.1) is 12.4 Å². The second-order valence-corrected chi connectivity index (χ2v) is 5.75. The van der Waals surface area contributed by atoms with Crippen LogP contribution >= 0.6 is 12.4 Å². The third-order valence-corrected chi connectivity index (χ3v) is 3.39. The van der Waals surface area contributed by atoms with Crippen LogP contribution in [0.25, 0.3) is 0 Å². The highest BCUT2D eigenvalue weighted by Crippen LogP contribution is 2.15. The lowest BCUT2D eigenvalue weighted by molar-refractivity contribution is -0.130. The summed E-state index contributed by atoms with van der Waals surface area (Å²) in [7, 11) is 1.94. The van der Waals surface area contributed by atoms with Crippen LogP contribution in [0.2, 0.25) is 0 Å². The van der Waals surface area contributed by atoms with Crippen LogP contribution in [0.5, 0.6) is 0 Å². The summed E-state index contributed by atoms with van der Waals surface area (Å²) in [6.07, 6.45) is 2.02. The average molecular weight is 306 g/mol. The van der Waals surface area contributed by atoms with E-state index in [-0.39, 0.29) is 24.2 Å². The van der Waals surface area contributed by atoms with E-state index in [1.807, 2.05) is 25.8 Å². The van der Waals surface area contributed by atoms with Gasteiger partial charge in [-0.3, -0.25) is 9.59 Å². The Labute approximate surface area is 128 Å². The van der Waals surface area contributed by atoms with Crippen molar-refractivity contribution in [2.45, 2.75) is 33.1 Å². The van der Waals surface area contributed by atoms with Gasteiger partial charge in [0.15, 0.2) is 0 Å². The highest BCUT2D eigenvalue weighted by atomic mass is 35.5. The maximum atomic E-state index is 12.0. The molecule has 0 aromatic rings.